The van der Waals surface area contributed by atoms with Crippen molar-refractivity contribution >= 4 is 32.8 Å². The molecule has 24 heavy (non-hydrogen) atoms. The number of nitrogens with zero attached hydrogens (tertiary/aromatic N) is 3. The highest BCUT2D eigenvalue weighted by atomic mass is 32.2. The third kappa shape index (κ3) is 2.51. The van der Waals surface area contributed by atoms with Gasteiger partial charge in [-0.1, -0.05) is 18.2 Å². The van der Waals surface area contributed by atoms with Crippen LogP contribution in [0.4, 0.5) is 4.39 Å². The highest BCUT2D eigenvalue weighted by molar-refractivity contribution is 7.89. The summed E-state index contributed by atoms with van der Waals surface area (Å²) in [6, 6.07) is 10.8. The van der Waals surface area contributed by atoms with Crippen molar-refractivity contribution in [2.45, 2.75) is 23.8 Å². The van der Waals surface area contributed by atoms with Crippen LogP contribution in [0.5, 0.6) is 0 Å². The second-order valence-electron chi connectivity index (χ2n) is 5.71. The van der Waals surface area contributed by atoms with Crippen LogP contribution in [0.1, 0.15) is 24.4 Å². The van der Waals surface area contributed by atoms with E-state index in [4.69, 9.17) is 0 Å². The van der Waals surface area contributed by atoms with Gasteiger partial charge in [0.2, 0.25) is 10.0 Å². The number of hydrogen-bond donors (Lipinski definition) is 0. The molecular weight excluding hydrogens is 349 g/mol. The molecule has 0 amide bonds. The van der Waals surface area contributed by atoms with E-state index in [2.05, 4.69) is 8.75 Å². The maximum atomic E-state index is 13.2. The van der Waals surface area contributed by atoms with Crippen LogP contribution in [-0.4, -0.2) is 28.0 Å². The highest BCUT2D eigenvalue weighted by Gasteiger charge is 2.37. The van der Waals surface area contributed by atoms with Gasteiger partial charge in [-0.05, 0) is 42.7 Å². The Labute approximate surface area is 143 Å². The lowest BCUT2D eigenvalue weighted by atomic mass is 10.1. The van der Waals surface area contributed by atoms with Crippen LogP contribution in [0.25, 0.3) is 11.0 Å². The summed E-state index contributed by atoms with van der Waals surface area (Å²) in [7, 11) is -3.70. The summed E-state index contributed by atoms with van der Waals surface area (Å²) < 4.78 is 49.3. The van der Waals surface area contributed by atoms with E-state index in [0.29, 0.717) is 17.6 Å². The zero-order valence-electron chi connectivity index (χ0n) is 12.6. The molecule has 4 rings (SSSR count). The van der Waals surface area contributed by atoms with Crippen molar-refractivity contribution in [1.29, 1.82) is 0 Å². The van der Waals surface area contributed by atoms with Crippen molar-refractivity contribution in [3.63, 3.8) is 0 Å². The SMILES string of the molecule is O=S(=O)(c1cccc2nsnc12)N1CCC[C@H]1c1ccc(F)cc1. The number of aromatic nitrogens is 2. The summed E-state index contributed by atoms with van der Waals surface area (Å²) in [5.41, 5.74) is 1.80. The molecule has 0 saturated carbocycles. The van der Waals surface area contributed by atoms with Crippen LogP contribution < -0.4 is 0 Å². The van der Waals surface area contributed by atoms with Gasteiger partial charge in [0.05, 0.1) is 17.8 Å². The fraction of sp³-hybridized carbons (Fsp3) is 0.250. The van der Waals surface area contributed by atoms with Gasteiger partial charge in [0.1, 0.15) is 21.7 Å². The molecule has 2 aromatic carbocycles. The van der Waals surface area contributed by atoms with Gasteiger partial charge in [0.25, 0.3) is 0 Å². The summed E-state index contributed by atoms with van der Waals surface area (Å²) in [4.78, 5) is 0.183. The van der Waals surface area contributed by atoms with Crippen LogP contribution >= 0.6 is 11.7 Å². The molecular formula is C16H14FN3O2S2. The standard InChI is InChI=1S/C16H14FN3O2S2/c17-12-8-6-11(7-9-12)14-4-2-10-20(14)24(21,22)15-5-1-3-13-16(15)19-23-18-13/h1,3,5-9,14H,2,4,10H2/t14-/m0/s1. The Morgan fingerprint density at radius 2 is 1.92 bits per heavy atom. The molecule has 0 bridgehead atoms. The summed E-state index contributed by atoms with van der Waals surface area (Å²) in [6.45, 7) is 0.443. The smallest absolute Gasteiger partial charge is 0.207 e. The van der Waals surface area contributed by atoms with E-state index in [1.54, 1.807) is 30.3 Å². The van der Waals surface area contributed by atoms with Gasteiger partial charge in [-0.15, -0.1) is 0 Å². The first kappa shape index (κ1) is 15.6. The number of hydrogen-bond acceptors (Lipinski definition) is 5. The first-order valence-electron chi connectivity index (χ1n) is 7.56. The Balaban J connectivity index is 1.78. The maximum Gasteiger partial charge on any atom is 0.245 e. The first-order chi connectivity index (χ1) is 11.6. The summed E-state index contributed by atoms with van der Waals surface area (Å²) in [5.74, 6) is -0.329. The van der Waals surface area contributed by atoms with Gasteiger partial charge in [0.15, 0.2) is 0 Å². The lowest BCUT2D eigenvalue weighted by Crippen LogP contribution is -2.30. The van der Waals surface area contributed by atoms with E-state index in [1.165, 1.54) is 16.4 Å². The minimum Gasteiger partial charge on any atom is -0.207 e. The molecule has 0 unspecified atom stereocenters. The summed E-state index contributed by atoms with van der Waals surface area (Å²) in [5, 5.41) is 0. The molecule has 0 spiro atoms. The Kier molecular flexibility index (Phi) is 3.82. The predicted octanol–water partition coefficient (Wildman–Crippen LogP) is 3.36. The predicted molar refractivity (Wildman–Crippen MR) is 89.7 cm³/mol. The van der Waals surface area contributed by atoms with Crippen molar-refractivity contribution in [3.05, 3.63) is 53.8 Å². The van der Waals surface area contributed by atoms with Crippen LogP contribution in [0.15, 0.2) is 47.4 Å². The lowest BCUT2D eigenvalue weighted by Gasteiger charge is -2.24. The van der Waals surface area contributed by atoms with E-state index >= 15 is 0 Å². The van der Waals surface area contributed by atoms with E-state index in [9.17, 15) is 12.8 Å². The number of rotatable bonds is 3. The molecule has 1 atom stereocenters. The van der Waals surface area contributed by atoms with E-state index < -0.39 is 10.0 Å². The van der Waals surface area contributed by atoms with Gasteiger partial charge < -0.3 is 0 Å². The summed E-state index contributed by atoms with van der Waals surface area (Å²) >= 11 is 1.000. The number of fused-ring (bicyclic) bond motifs is 1. The van der Waals surface area contributed by atoms with Crippen molar-refractivity contribution in [3.8, 4) is 0 Å². The highest BCUT2D eigenvalue weighted by Crippen LogP contribution is 2.37. The van der Waals surface area contributed by atoms with Gasteiger partial charge >= 0.3 is 0 Å². The molecule has 1 aliphatic heterocycles. The molecule has 0 N–H and O–H groups in total. The quantitative estimate of drug-likeness (QED) is 0.716. The molecule has 124 valence electrons. The van der Waals surface area contributed by atoms with Gasteiger partial charge in [-0.2, -0.15) is 13.1 Å². The van der Waals surface area contributed by atoms with E-state index in [0.717, 1.165) is 30.1 Å². The van der Waals surface area contributed by atoms with E-state index in [1.807, 2.05) is 0 Å². The van der Waals surface area contributed by atoms with Crippen LogP contribution in [-0.2, 0) is 10.0 Å². The van der Waals surface area contributed by atoms with Gasteiger partial charge in [-0.3, -0.25) is 0 Å². The maximum absolute atomic E-state index is 13.2. The average molecular weight is 363 g/mol. The fourth-order valence-corrected chi connectivity index (χ4v) is 5.60. The third-order valence-corrected chi connectivity index (χ3v) is 6.78. The zero-order valence-corrected chi connectivity index (χ0v) is 14.2. The van der Waals surface area contributed by atoms with Gasteiger partial charge in [-0.25, -0.2) is 12.8 Å². The minimum absolute atomic E-state index is 0.183. The molecule has 1 aliphatic rings. The Morgan fingerprint density at radius 1 is 1.12 bits per heavy atom. The fourth-order valence-electron chi connectivity index (χ4n) is 3.16. The van der Waals surface area contributed by atoms with Crippen LogP contribution in [0.2, 0.25) is 0 Å². The Morgan fingerprint density at radius 3 is 2.71 bits per heavy atom. The van der Waals surface area contributed by atoms with Crippen LogP contribution in [0.3, 0.4) is 0 Å². The van der Waals surface area contributed by atoms with Crippen molar-refractivity contribution in [1.82, 2.24) is 13.1 Å². The van der Waals surface area contributed by atoms with Gasteiger partial charge in [0, 0.05) is 6.54 Å². The summed E-state index contributed by atoms with van der Waals surface area (Å²) in [6.07, 6.45) is 1.49. The number of sulfonamides is 1. The normalized spacial score (nSPS) is 19.1. The van der Waals surface area contributed by atoms with E-state index in [-0.39, 0.29) is 16.8 Å². The molecule has 0 radical (unpaired) electrons. The third-order valence-electron chi connectivity index (χ3n) is 4.29. The monoisotopic (exact) mass is 363 g/mol. The zero-order chi connectivity index (χ0) is 16.7. The van der Waals surface area contributed by atoms with Crippen LogP contribution in [0, 0.1) is 5.82 Å². The molecule has 1 fully saturated rings. The average Bonchev–Trinajstić information content (AvgIpc) is 3.24. The van der Waals surface area contributed by atoms with Crippen molar-refractivity contribution in [2.75, 3.05) is 6.54 Å². The topological polar surface area (TPSA) is 63.2 Å². The number of halogens is 1. The molecule has 8 heteroatoms. The second-order valence-corrected chi connectivity index (χ2v) is 8.10. The Bertz CT molecular complexity index is 986. The molecule has 3 aromatic rings. The molecule has 1 saturated heterocycles. The largest absolute Gasteiger partial charge is 0.245 e. The Hall–Kier alpha value is -1.90. The molecule has 2 heterocycles. The van der Waals surface area contributed by atoms with Crippen molar-refractivity contribution < 1.29 is 12.8 Å². The number of benzene rings is 2. The lowest BCUT2D eigenvalue weighted by molar-refractivity contribution is 0.397. The van der Waals surface area contributed by atoms with Crippen molar-refractivity contribution in [2.24, 2.45) is 0 Å². The first-order valence-corrected chi connectivity index (χ1v) is 9.73. The molecule has 0 aliphatic carbocycles. The molecule has 5 nitrogen and oxygen atoms in total. The molecule has 1 aromatic heterocycles. The second kappa shape index (κ2) is 5.87. The minimum atomic E-state index is -3.70.